The number of nitrogens with one attached hydrogen (secondary N) is 2. The summed E-state index contributed by atoms with van der Waals surface area (Å²) in [5.41, 5.74) is 1.58. The highest BCUT2D eigenvalue weighted by atomic mass is 32.2. The van der Waals surface area contributed by atoms with Crippen molar-refractivity contribution in [2.24, 2.45) is 0 Å². The van der Waals surface area contributed by atoms with Crippen LogP contribution in [0.4, 0.5) is 11.4 Å². The number of rotatable bonds is 9. The Morgan fingerprint density at radius 1 is 1.16 bits per heavy atom. The summed E-state index contributed by atoms with van der Waals surface area (Å²) >= 11 is 1.20. The van der Waals surface area contributed by atoms with Gasteiger partial charge in [0.15, 0.2) is 11.0 Å². The molecule has 1 heterocycles. The van der Waals surface area contributed by atoms with Crippen LogP contribution >= 0.6 is 11.8 Å². The fourth-order valence-corrected chi connectivity index (χ4v) is 3.72. The average Bonchev–Trinajstić information content (AvgIpc) is 3.19. The lowest BCUT2D eigenvalue weighted by Gasteiger charge is -2.10. The second-order valence-electron chi connectivity index (χ2n) is 6.78. The number of anilines is 1. The molecular formula is C21H22N6O4S. The van der Waals surface area contributed by atoms with Gasteiger partial charge >= 0.3 is 0 Å². The lowest BCUT2D eigenvalue weighted by Crippen LogP contribution is -2.24. The normalized spacial score (nSPS) is 10.6. The van der Waals surface area contributed by atoms with Gasteiger partial charge in [0.1, 0.15) is 0 Å². The van der Waals surface area contributed by atoms with Crippen LogP contribution in [0.15, 0.2) is 53.7 Å². The van der Waals surface area contributed by atoms with E-state index in [1.54, 1.807) is 37.3 Å². The number of carbonyl (C=O) groups is 2. The maximum atomic E-state index is 12.4. The molecule has 0 saturated heterocycles. The Morgan fingerprint density at radius 3 is 2.59 bits per heavy atom. The first kappa shape index (κ1) is 22.9. The highest BCUT2D eigenvalue weighted by Crippen LogP contribution is 2.23. The van der Waals surface area contributed by atoms with Crippen molar-refractivity contribution >= 4 is 35.0 Å². The zero-order valence-electron chi connectivity index (χ0n) is 17.6. The quantitative estimate of drug-likeness (QED) is 0.288. The molecule has 2 amide bonds. The van der Waals surface area contributed by atoms with E-state index in [1.807, 2.05) is 17.6 Å². The molecule has 3 aromatic rings. The summed E-state index contributed by atoms with van der Waals surface area (Å²) < 4.78 is 1.82. The fourth-order valence-electron chi connectivity index (χ4n) is 2.90. The molecule has 166 valence electrons. The molecule has 0 fully saturated rings. The fraction of sp³-hybridized carbons (Fsp3) is 0.238. The van der Waals surface area contributed by atoms with Gasteiger partial charge in [0.2, 0.25) is 5.91 Å². The Morgan fingerprint density at radius 2 is 1.91 bits per heavy atom. The molecule has 0 radical (unpaired) electrons. The maximum Gasteiger partial charge on any atom is 0.271 e. The average molecular weight is 455 g/mol. The third-order valence-corrected chi connectivity index (χ3v) is 5.56. The van der Waals surface area contributed by atoms with Crippen LogP contribution in [0.1, 0.15) is 28.7 Å². The number of nitro groups is 1. The van der Waals surface area contributed by atoms with Crippen LogP contribution in [0.25, 0.3) is 0 Å². The first-order valence-electron chi connectivity index (χ1n) is 9.82. The van der Waals surface area contributed by atoms with E-state index in [0.717, 1.165) is 5.56 Å². The molecular weight excluding hydrogens is 432 g/mol. The van der Waals surface area contributed by atoms with Crippen LogP contribution in [0.2, 0.25) is 0 Å². The van der Waals surface area contributed by atoms with Crippen LogP contribution in [-0.2, 0) is 17.9 Å². The molecule has 0 aliphatic heterocycles. The van der Waals surface area contributed by atoms with Crippen molar-refractivity contribution in [1.29, 1.82) is 0 Å². The molecule has 0 bridgehead atoms. The van der Waals surface area contributed by atoms with E-state index in [2.05, 4.69) is 20.8 Å². The number of non-ortho nitro benzene ring substituents is 1. The van der Waals surface area contributed by atoms with E-state index in [0.29, 0.717) is 28.8 Å². The van der Waals surface area contributed by atoms with Crippen LogP contribution in [0.5, 0.6) is 0 Å². The van der Waals surface area contributed by atoms with Crippen LogP contribution in [-0.4, -0.2) is 37.3 Å². The Bertz CT molecular complexity index is 1130. The molecule has 2 aromatic carbocycles. The van der Waals surface area contributed by atoms with Crippen molar-refractivity contribution in [2.75, 3.05) is 11.1 Å². The molecule has 0 unspecified atom stereocenters. The first-order chi connectivity index (χ1) is 15.4. The maximum absolute atomic E-state index is 12.4. The predicted molar refractivity (Wildman–Crippen MR) is 120 cm³/mol. The summed E-state index contributed by atoms with van der Waals surface area (Å²) in [4.78, 5) is 35.1. The van der Waals surface area contributed by atoms with Crippen LogP contribution < -0.4 is 10.6 Å². The summed E-state index contributed by atoms with van der Waals surface area (Å²) in [7, 11) is 0. The molecule has 10 nitrogen and oxygen atoms in total. The summed E-state index contributed by atoms with van der Waals surface area (Å²) in [5, 5.41) is 25.3. The van der Waals surface area contributed by atoms with E-state index in [4.69, 9.17) is 0 Å². The monoisotopic (exact) mass is 454 g/mol. The molecule has 1 aromatic heterocycles. The summed E-state index contributed by atoms with van der Waals surface area (Å²) in [5.74, 6) is 0.103. The van der Waals surface area contributed by atoms with Gasteiger partial charge in [-0.25, -0.2) is 0 Å². The molecule has 0 aliphatic rings. The highest BCUT2D eigenvalue weighted by molar-refractivity contribution is 7.99. The molecule has 0 aliphatic carbocycles. The minimum atomic E-state index is -0.508. The standard InChI is InChI=1S/C21H22N6O4S/c1-3-26-18(12-22-20(29)15-7-5-4-6-8-15)24-25-21(26)32-13-19(28)23-17-11-16(27(30)31)10-9-14(17)2/h4-11H,3,12-13H2,1-2H3,(H,22,29)(H,23,28). The van der Waals surface area contributed by atoms with E-state index in [9.17, 15) is 19.7 Å². The van der Waals surface area contributed by atoms with E-state index in [-0.39, 0.29) is 29.8 Å². The Hall–Kier alpha value is -3.73. The third kappa shape index (κ3) is 5.70. The molecule has 32 heavy (non-hydrogen) atoms. The number of hydrogen-bond acceptors (Lipinski definition) is 7. The molecule has 2 N–H and O–H groups in total. The lowest BCUT2D eigenvalue weighted by atomic mass is 10.2. The SMILES string of the molecule is CCn1c(CNC(=O)c2ccccc2)nnc1SCC(=O)Nc1cc([N+](=O)[O-])ccc1C. The number of aryl methyl sites for hydroxylation is 1. The highest BCUT2D eigenvalue weighted by Gasteiger charge is 2.16. The number of carbonyl (C=O) groups excluding carboxylic acids is 2. The van der Waals surface area contributed by atoms with E-state index < -0.39 is 4.92 Å². The van der Waals surface area contributed by atoms with E-state index in [1.165, 1.54) is 23.9 Å². The summed E-state index contributed by atoms with van der Waals surface area (Å²) in [6, 6.07) is 13.2. The number of amides is 2. The second-order valence-corrected chi connectivity index (χ2v) is 7.73. The number of hydrogen-bond donors (Lipinski definition) is 2. The van der Waals surface area contributed by atoms with Gasteiger partial charge < -0.3 is 15.2 Å². The van der Waals surface area contributed by atoms with Crippen molar-refractivity contribution in [3.8, 4) is 0 Å². The zero-order valence-corrected chi connectivity index (χ0v) is 18.4. The number of benzene rings is 2. The number of nitrogens with zero attached hydrogens (tertiary/aromatic N) is 4. The molecule has 3 rings (SSSR count). The predicted octanol–water partition coefficient (Wildman–Crippen LogP) is 3.18. The number of nitro benzene ring substituents is 1. The van der Waals surface area contributed by atoms with Gasteiger partial charge in [-0.1, -0.05) is 36.0 Å². The lowest BCUT2D eigenvalue weighted by molar-refractivity contribution is -0.384. The van der Waals surface area contributed by atoms with Crippen LogP contribution in [0, 0.1) is 17.0 Å². The van der Waals surface area contributed by atoms with Crippen molar-refractivity contribution in [3.05, 3.63) is 75.6 Å². The summed E-state index contributed by atoms with van der Waals surface area (Å²) in [6.07, 6.45) is 0. The van der Waals surface area contributed by atoms with Gasteiger partial charge in [0.05, 0.1) is 22.9 Å². The molecule has 0 saturated carbocycles. The van der Waals surface area contributed by atoms with Gasteiger partial charge in [-0.05, 0) is 31.5 Å². The Labute approximate surface area is 188 Å². The van der Waals surface area contributed by atoms with E-state index >= 15 is 0 Å². The Balaban J connectivity index is 1.59. The van der Waals surface area contributed by atoms with Gasteiger partial charge in [0.25, 0.3) is 11.6 Å². The van der Waals surface area contributed by atoms with Gasteiger partial charge in [-0.3, -0.25) is 19.7 Å². The largest absolute Gasteiger partial charge is 0.345 e. The summed E-state index contributed by atoms with van der Waals surface area (Å²) in [6.45, 7) is 4.45. The van der Waals surface area contributed by atoms with Crippen LogP contribution in [0.3, 0.4) is 0 Å². The van der Waals surface area contributed by atoms with Crippen molar-refractivity contribution in [2.45, 2.75) is 32.1 Å². The van der Waals surface area contributed by atoms with Crippen molar-refractivity contribution in [1.82, 2.24) is 20.1 Å². The molecule has 0 atom stereocenters. The molecule has 0 spiro atoms. The van der Waals surface area contributed by atoms with Crippen molar-refractivity contribution in [3.63, 3.8) is 0 Å². The minimum absolute atomic E-state index is 0.0522. The Kier molecular flexibility index (Phi) is 7.55. The van der Waals surface area contributed by atoms with Crippen molar-refractivity contribution < 1.29 is 14.5 Å². The van der Waals surface area contributed by atoms with Gasteiger partial charge in [-0.2, -0.15) is 0 Å². The van der Waals surface area contributed by atoms with Gasteiger partial charge in [0, 0.05) is 24.2 Å². The number of thioether (sulfide) groups is 1. The topological polar surface area (TPSA) is 132 Å². The minimum Gasteiger partial charge on any atom is -0.345 e. The first-order valence-corrected chi connectivity index (χ1v) is 10.8. The third-order valence-electron chi connectivity index (χ3n) is 4.59. The second kappa shape index (κ2) is 10.5. The van der Waals surface area contributed by atoms with Gasteiger partial charge in [-0.15, -0.1) is 10.2 Å². The zero-order chi connectivity index (χ0) is 23.1. The molecule has 11 heteroatoms. The smallest absolute Gasteiger partial charge is 0.271 e. The number of aromatic nitrogens is 3.